The Hall–Kier alpha value is -0.930. The highest BCUT2D eigenvalue weighted by Crippen LogP contribution is 2.13. The molecule has 3 N–H and O–H groups in total. The van der Waals surface area contributed by atoms with E-state index in [1.165, 1.54) is 6.07 Å². The summed E-state index contributed by atoms with van der Waals surface area (Å²) in [5.74, 6) is -0.271. The number of rotatable bonds is 3. The van der Waals surface area contributed by atoms with Gasteiger partial charge in [-0.25, -0.2) is 4.39 Å². The molecule has 0 radical (unpaired) electrons. The largest absolute Gasteiger partial charge is 0.394 e. The fourth-order valence-electron chi connectivity index (χ4n) is 1.13. The zero-order valence-electron chi connectivity index (χ0n) is 7.63. The van der Waals surface area contributed by atoms with Crippen molar-refractivity contribution >= 4 is 0 Å². The lowest BCUT2D eigenvalue weighted by atomic mass is 9.95. The first kappa shape index (κ1) is 10.2. The Morgan fingerprint density at radius 1 is 1.46 bits per heavy atom. The molecule has 0 saturated carbocycles. The van der Waals surface area contributed by atoms with Gasteiger partial charge in [-0.15, -0.1) is 0 Å². The van der Waals surface area contributed by atoms with Crippen LogP contribution in [0.4, 0.5) is 4.39 Å². The average molecular weight is 183 g/mol. The van der Waals surface area contributed by atoms with Crippen LogP contribution in [0.1, 0.15) is 12.5 Å². The Morgan fingerprint density at radius 3 is 2.62 bits per heavy atom. The van der Waals surface area contributed by atoms with Crippen LogP contribution < -0.4 is 5.73 Å². The minimum absolute atomic E-state index is 0.151. The summed E-state index contributed by atoms with van der Waals surface area (Å²) in [5.41, 5.74) is 5.50. The fraction of sp³-hybridized carbons (Fsp3) is 0.400. The van der Waals surface area contributed by atoms with Crippen molar-refractivity contribution in [1.29, 1.82) is 0 Å². The molecule has 0 bridgehead atoms. The summed E-state index contributed by atoms with van der Waals surface area (Å²) < 4.78 is 13.1. The fourth-order valence-corrected chi connectivity index (χ4v) is 1.13. The van der Waals surface area contributed by atoms with E-state index in [9.17, 15) is 4.39 Å². The van der Waals surface area contributed by atoms with Crippen molar-refractivity contribution in [3.8, 4) is 0 Å². The highest BCUT2D eigenvalue weighted by Gasteiger charge is 2.19. The van der Waals surface area contributed by atoms with E-state index in [4.69, 9.17) is 10.8 Å². The first-order chi connectivity index (χ1) is 6.05. The molecule has 13 heavy (non-hydrogen) atoms. The molecule has 1 aromatic rings. The molecule has 0 aliphatic rings. The van der Waals surface area contributed by atoms with Crippen LogP contribution in [0.25, 0.3) is 0 Å². The van der Waals surface area contributed by atoms with Gasteiger partial charge in [0, 0.05) is 5.54 Å². The number of nitrogens with two attached hydrogens (primary N) is 1. The van der Waals surface area contributed by atoms with Gasteiger partial charge < -0.3 is 10.8 Å². The lowest BCUT2D eigenvalue weighted by Crippen LogP contribution is -2.42. The van der Waals surface area contributed by atoms with Gasteiger partial charge in [0.15, 0.2) is 0 Å². The normalized spacial score (nSPS) is 15.4. The van der Waals surface area contributed by atoms with Gasteiger partial charge in [-0.2, -0.15) is 0 Å². The summed E-state index contributed by atoms with van der Waals surface area (Å²) in [6.07, 6.45) is 0.343. The van der Waals surface area contributed by atoms with Crippen molar-refractivity contribution in [1.82, 2.24) is 0 Å². The molecule has 0 heterocycles. The Bertz CT molecular complexity index is 286. The van der Waals surface area contributed by atoms with Crippen LogP contribution in [0.5, 0.6) is 0 Å². The molecule has 1 aromatic carbocycles. The standard InChI is InChI=1S/C10H14FNO/c1-10(12,7-13)6-8-4-2-3-5-9(8)11/h2-5,13H,6-7,12H2,1H3/t10-/m1/s1. The number of hydrogen-bond acceptors (Lipinski definition) is 2. The van der Waals surface area contributed by atoms with Crippen LogP contribution in [-0.2, 0) is 6.42 Å². The second kappa shape index (κ2) is 3.85. The Kier molecular flexibility index (Phi) is 3.01. The third-order valence-electron chi connectivity index (χ3n) is 1.91. The summed E-state index contributed by atoms with van der Waals surface area (Å²) in [7, 11) is 0. The molecule has 0 unspecified atom stereocenters. The van der Waals surface area contributed by atoms with Crippen LogP contribution >= 0.6 is 0 Å². The van der Waals surface area contributed by atoms with Crippen molar-refractivity contribution in [2.24, 2.45) is 5.73 Å². The van der Waals surface area contributed by atoms with Gasteiger partial charge in [-0.3, -0.25) is 0 Å². The van der Waals surface area contributed by atoms with Crippen LogP contribution in [0.15, 0.2) is 24.3 Å². The lowest BCUT2D eigenvalue weighted by molar-refractivity contribution is 0.207. The summed E-state index contributed by atoms with van der Waals surface area (Å²) in [4.78, 5) is 0. The summed E-state index contributed by atoms with van der Waals surface area (Å²) in [6, 6.07) is 6.45. The summed E-state index contributed by atoms with van der Waals surface area (Å²) in [6.45, 7) is 1.54. The number of hydrogen-bond donors (Lipinski definition) is 2. The second-order valence-corrected chi connectivity index (χ2v) is 3.58. The maximum Gasteiger partial charge on any atom is 0.126 e. The molecule has 3 heteroatoms. The zero-order chi connectivity index (χ0) is 9.90. The molecule has 0 amide bonds. The van der Waals surface area contributed by atoms with E-state index >= 15 is 0 Å². The van der Waals surface area contributed by atoms with E-state index in [1.54, 1.807) is 25.1 Å². The maximum absolute atomic E-state index is 13.1. The van der Waals surface area contributed by atoms with Crippen LogP contribution in [-0.4, -0.2) is 17.3 Å². The lowest BCUT2D eigenvalue weighted by Gasteiger charge is -2.21. The zero-order valence-corrected chi connectivity index (χ0v) is 7.63. The highest BCUT2D eigenvalue weighted by atomic mass is 19.1. The highest BCUT2D eigenvalue weighted by molar-refractivity contribution is 5.19. The van der Waals surface area contributed by atoms with Gasteiger partial charge in [0.1, 0.15) is 5.82 Å². The molecule has 0 saturated heterocycles. The molecule has 72 valence electrons. The van der Waals surface area contributed by atoms with Gasteiger partial charge in [-0.1, -0.05) is 18.2 Å². The summed E-state index contributed by atoms with van der Waals surface area (Å²) >= 11 is 0. The van der Waals surface area contributed by atoms with E-state index in [2.05, 4.69) is 0 Å². The molecular formula is C10H14FNO. The van der Waals surface area contributed by atoms with Gasteiger partial charge >= 0.3 is 0 Å². The Morgan fingerprint density at radius 2 is 2.08 bits per heavy atom. The van der Waals surface area contributed by atoms with E-state index in [0.29, 0.717) is 12.0 Å². The minimum atomic E-state index is -0.748. The molecule has 0 spiro atoms. The van der Waals surface area contributed by atoms with Gasteiger partial charge in [0.2, 0.25) is 0 Å². The summed E-state index contributed by atoms with van der Waals surface area (Å²) in [5, 5.41) is 8.90. The van der Waals surface area contributed by atoms with E-state index in [1.807, 2.05) is 0 Å². The number of benzene rings is 1. The molecule has 0 aromatic heterocycles. The predicted octanol–water partition coefficient (Wildman–Crippen LogP) is 1.08. The van der Waals surface area contributed by atoms with E-state index in [0.717, 1.165) is 0 Å². The van der Waals surface area contributed by atoms with E-state index in [-0.39, 0.29) is 12.4 Å². The molecule has 1 atom stereocenters. The van der Waals surface area contributed by atoms with Gasteiger partial charge in [-0.05, 0) is 25.0 Å². The minimum Gasteiger partial charge on any atom is -0.394 e. The topological polar surface area (TPSA) is 46.2 Å². The van der Waals surface area contributed by atoms with Crippen molar-refractivity contribution in [2.75, 3.05) is 6.61 Å². The molecule has 0 aliphatic heterocycles. The van der Waals surface area contributed by atoms with Crippen molar-refractivity contribution in [2.45, 2.75) is 18.9 Å². The first-order valence-corrected chi connectivity index (χ1v) is 4.18. The molecule has 0 aliphatic carbocycles. The van der Waals surface area contributed by atoms with Crippen LogP contribution in [0.2, 0.25) is 0 Å². The van der Waals surface area contributed by atoms with E-state index < -0.39 is 5.54 Å². The number of halogens is 1. The average Bonchev–Trinajstić information content (AvgIpc) is 2.09. The number of aliphatic hydroxyl groups is 1. The van der Waals surface area contributed by atoms with Gasteiger partial charge in [0.05, 0.1) is 6.61 Å². The molecule has 0 fully saturated rings. The monoisotopic (exact) mass is 183 g/mol. The van der Waals surface area contributed by atoms with Gasteiger partial charge in [0.25, 0.3) is 0 Å². The van der Waals surface area contributed by atoms with Crippen molar-refractivity contribution in [3.05, 3.63) is 35.6 Å². The van der Waals surface area contributed by atoms with Crippen LogP contribution in [0, 0.1) is 5.82 Å². The Labute approximate surface area is 77.2 Å². The van der Waals surface area contributed by atoms with Crippen LogP contribution in [0.3, 0.4) is 0 Å². The quantitative estimate of drug-likeness (QED) is 0.736. The smallest absolute Gasteiger partial charge is 0.126 e. The maximum atomic E-state index is 13.1. The predicted molar refractivity (Wildman–Crippen MR) is 49.8 cm³/mol. The van der Waals surface area contributed by atoms with Crippen molar-refractivity contribution in [3.63, 3.8) is 0 Å². The molecule has 1 rings (SSSR count). The van der Waals surface area contributed by atoms with Crippen molar-refractivity contribution < 1.29 is 9.50 Å². The molecular weight excluding hydrogens is 169 g/mol. The third-order valence-corrected chi connectivity index (χ3v) is 1.91. The first-order valence-electron chi connectivity index (χ1n) is 4.18. The SMILES string of the molecule is C[C@](N)(CO)Cc1ccccc1F. The Balaban J connectivity index is 2.80. The number of aliphatic hydroxyl groups excluding tert-OH is 1. The third kappa shape index (κ3) is 2.79. The second-order valence-electron chi connectivity index (χ2n) is 3.58. The molecule has 2 nitrogen and oxygen atoms in total.